The molecule has 2 aliphatic rings. The van der Waals surface area contributed by atoms with E-state index in [0.29, 0.717) is 31.8 Å². The van der Waals surface area contributed by atoms with E-state index < -0.39 is 17.6 Å². The molecule has 0 aromatic carbocycles. The molecule has 0 bridgehead atoms. The number of hydrogen-bond donors (Lipinski definition) is 2. The standard InChI is InChI=1S/C11H18N2O3/c1-7(2)5-13-8(9(14)15)3-4-11(13)6-12-10(11)16/h7-8H,3-6H2,1-2H3,(H,12,16)(H,14,15). The Hall–Kier alpha value is -1.10. The number of carbonyl (C=O) groups is 2. The van der Waals surface area contributed by atoms with Gasteiger partial charge in [-0.25, -0.2) is 0 Å². The van der Waals surface area contributed by atoms with Gasteiger partial charge < -0.3 is 10.4 Å². The molecule has 2 unspecified atom stereocenters. The second-order valence-corrected chi connectivity index (χ2v) is 5.15. The quantitative estimate of drug-likeness (QED) is 0.668. The molecule has 2 atom stereocenters. The molecule has 5 heteroatoms. The fraction of sp³-hybridized carbons (Fsp3) is 0.818. The Morgan fingerprint density at radius 1 is 1.69 bits per heavy atom. The molecule has 2 fully saturated rings. The van der Waals surface area contributed by atoms with Crippen molar-refractivity contribution in [3.8, 4) is 0 Å². The van der Waals surface area contributed by atoms with Gasteiger partial charge in [0.1, 0.15) is 11.6 Å². The molecule has 0 aromatic rings. The highest BCUT2D eigenvalue weighted by Gasteiger charge is 2.58. The minimum Gasteiger partial charge on any atom is -0.480 e. The first-order valence-corrected chi connectivity index (χ1v) is 5.75. The number of carboxylic acids is 1. The number of aliphatic carboxylic acids is 1. The van der Waals surface area contributed by atoms with Gasteiger partial charge in [-0.05, 0) is 18.8 Å². The van der Waals surface area contributed by atoms with Crippen LogP contribution in [0.2, 0.25) is 0 Å². The third-order valence-electron chi connectivity index (χ3n) is 3.57. The van der Waals surface area contributed by atoms with Gasteiger partial charge in [-0.2, -0.15) is 0 Å². The number of nitrogens with zero attached hydrogens (tertiary/aromatic N) is 1. The monoisotopic (exact) mass is 226 g/mol. The Morgan fingerprint density at radius 3 is 2.75 bits per heavy atom. The van der Waals surface area contributed by atoms with Crippen molar-refractivity contribution in [2.24, 2.45) is 5.92 Å². The van der Waals surface area contributed by atoms with Crippen LogP contribution in [-0.4, -0.2) is 46.6 Å². The van der Waals surface area contributed by atoms with E-state index in [0.717, 1.165) is 0 Å². The summed E-state index contributed by atoms with van der Waals surface area (Å²) in [5.74, 6) is -0.445. The highest BCUT2D eigenvalue weighted by atomic mass is 16.4. The summed E-state index contributed by atoms with van der Waals surface area (Å²) < 4.78 is 0. The molecule has 90 valence electrons. The predicted octanol–water partition coefficient (Wildman–Crippen LogP) is 0.0600. The molecule has 2 N–H and O–H groups in total. The van der Waals surface area contributed by atoms with Crippen molar-refractivity contribution in [2.45, 2.75) is 38.3 Å². The minimum atomic E-state index is -0.808. The van der Waals surface area contributed by atoms with Crippen LogP contribution in [0.25, 0.3) is 0 Å². The first-order valence-electron chi connectivity index (χ1n) is 5.75. The maximum atomic E-state index is 11.7. The molecule has 2 aliphatic heterocycles. The van der Waals surface area contributed by atoms with Gasteiger partial charge in [0.2, 0.25) is 5.91 Å². The van der Waals surface area contributed by atoms with Crippen molar-refractivity contribution in [3.05, 3.63) is 0 Å². The van der Waals surface area contributed by atoms with Gasteiger partial charge in [0.05, 0.1) is 0 Å². The van der Waals surface area contributed by atoms with E-state index >= 15 is 0 Å². The van der Waals surface area contributed by atoms with Crippen LogP contribution in [0.15, 0.2) is 0 Å². The first-order chi connectivity index (χ1) is 7.47. The topological polar surface area (TPSA) is 69.6 Å². The van der Waals surface area contributed by atoms with Crippen LogP contribution >= 0.6 is 0 Å². The SMILES string of the molecule is CC(C)CN1C(C(=O)O)CCC12CNC2=O. The maximum absolute atomic E-state index is 11.7. The molecular weight excluding hydrogens is 208 g/mol. The second kappa shape index (κ2) is 3.73. The van der Waals surface area contributed by atoms with Crippen molar-refractivity contribution >= 4 is 11.9 Å². The lowest BCUT2D eigenvalue weighted by Crippen LogP contribution is -2.72. The van der Waals surface area contributed by atoms with E-state index in [1.165, 1.54) is 0 Å². The van der Waals surface area contributed by atoms with E-state index in [-0.39, 0.29) is 5.91 Å². The zero-order chi connectivity index (χ0) is 11.9. The lowest BCUT2D eigenvalue weighted by atomic mass is 9.88. The average molecular weight is 226 g/mol. The largest absolute Gasteiger partial charge is 0.480 e. The molecule has 0 aliphatic carbocycles. The van der Waals surface area contributed by atoms with Crippen molar-refractivity contribution in [2.75, 3.05) is 13.1 Å². The molecule has 0 saturated carbocycles. The molecule has 2 heterocycles. The number of nitrogens with one attached hydrogen (secondary N) is 1. The highest BCUT2D eigenvalue weighted by molar-refractivity contribution is 5.94. The summed E-state index contributed by atoms with van der Waals surface area (Å²) in [7, 11) is 0. The zero-order valence-corrected chi connectivity index (χ0v) is 9.69. The fourth-order valence-corrected chi connectivity index (χ4v) is 2.72. The third-order valence-corrected chi connectivity index (χ3v) is 3.57. The molecular formula is C11H18N2O3. The van der Waals surface area contributed by atoms with Gasteiger partial charge in [0.25, 0.3) is 0 Å². The third kappa shape index (κ3) is 1.50. The van der Waals surface area contributed by atoms with Gasteiger partial charge >= 0.3 is 5.97 Å². The lowest BCUT2D eigenvalue weighted by Gasteiger charge is -2.46. The van der Waals surface area contributed by atoms with Crippen LogP contribution in [0.1, 0.15) is 26.7 Å². The smallest absolute Gasteiger partial charge is 0.320 e. The van der Waals surface area contributed by atoms with E-state index in [1.54, 1.807) is 0 Å². The number of amides is 1. The van der Waals surface area contributed by atoms with Crippen LogP contribution in [-0.2, 0) is 9.59 Å². The maximum Gasteiger partial charge on any atom is 0.320 e. The Morgan fingerprint density at radius 2 is 2.38 bits per heavy atom. The summed E-state index contributed by atoms with van der Waals surface area (Å²) in [5, 5.41) is 11.9. The normalized spacial score (nSPS) is 34.2. The molecule has 2 rings (SSSR count). The average Bonchev–Trinajstić information content (AvgIpc) is 2.56. The molecule has 5 nitrogen and oxygen atoms in total. The number of likely N-dealkylation sites (tertiary alicyclic amines) is 1. The molecule has 1 amide bonds. The van der Waals surface area contributed by atoms with Gasteiger partial charge in [0, 0.05) is 13.1 Å². The summed E-state index contributed by atoms with van der Waals surface area (Å²) in [4.78, 5) is 24.7. The first kappa shape index (κ1) is 11.4. The van der Waals surface area contributed by atoms with Crippen LogP contribution in [0.3, 0.4) is 0 Å². The highest BCUT2D eigenvalue weighted by Crippen LogP contribution is 2.38. The van der Waals surface area contributed by atoms with Crippen LogP contribution in [0.5, 0.6) is 0 Å². The van der Waals surface area contributed by atoms with Crippen molar-refractivity contribution in [1.82, 2.24) is 10.2 Å². The van der Waals surface area contributed by atoms with E-state index in [2.05, 4.69) is 5.32 Å². The van der Waals surface area contributed by atoms with Crippen molar-refractivity contribution in [3.63, 3.8) is 0 Å². The number of carbonyl (C=O) groups excluding carboxylic acids is 1. The molecule has 0 radical (unpaired) electrons. The van der Waals surface area contributed by atoms with Gasteiger partial charge in [-0.15, -0.1) is 0 Å². The second-order valence-electron chi connectivity index (χ2n) is 5.15. The Kier molecular flexibility index (Phi) is 2.66. The number of hydrogen-bond acceptors (Lipinski definition) is 3. The van der Waals surface area contributed by atoms with E-state index in [9.17, 15) is 9.59 Å². The van der Waals surface area contributed by atoms with Gasteiger partial charge in [0.15, 0.2) is 0 Å². The van der Waals surface area contributed by atoms with E-state index in [1.807, 2.05) is 18.7 Å². The van der Waals surface area contributed by atoms with Gasteiger partial charge in [-0.1, -0.05) is 13.8 Å². The predicted molar refractivity (Wildman–Crippen MR) is 57.9 cm³/mol. The van der Waals surface area contributed by atoms with Crippen LogP contribution in [0.4, 0.5) is 0 Å². The summed E-state index contributed by atoms with van der Waals surface area (Å²) in [6.07, 6.45) is 1.25. The Labute approximate surface area is 94.8 Å². The minimum absolute atomic E-state index is 0.00287. The van der Waals surface area contributed by atoms with Crippen molar-refractivity contribution < 1.29 is 14.7 Å². The Balaban J connectivity index is 2.21. The fourth-order valence-electron chi connectivity index (χ4n) is 2.72. The molecule has 0 aromatic heterocycles. The number of β-lactam (4-membered cyclic amide) rings is 1. The zero-order valence-electron chi connectivity index (χ0n) is 9.69. The number of rotatable bonds is 3. The summed E-state index contributed by atoms with van der Waals surface area (Å²) >= 11 is 0. The summed E-state index contributed by atoms with van der Waals surface area (Å²) in [6.45, 7) is 5.36. The van der Waals surface area contributed by atoms with Crippen molar-refractivity contribution in [1.29, 1.82) is 0 Å². The Bertz CT molecular complexity index is 329. The summed E-state index contributed by atoms with van der Waals surface area (Å²) in [6, 6.07) is -0.492. The molecule has 16 heavy (non-hydrogen) atoms. The summed E-state index contributed by atoms with van der Waals surface area (Å²) in [5.41, 5.74) is -0.521. The molecule has 1 spiro atoms. The molecule has 2 saturated heterocycles. The number of carboxylic acid groups (broad SMARTS) is 1. The van der Waals surface area contributed by atoms with Crippen LogP contribution in [0, 0.1) is 5.92 Å². The van der Waals surface area contributed by atoms with E-state index in [4.69, 9.17) is 5.11 Å². The van der Waals surface area contributed by atoms with Gasteiger partial charge in [-0.3, -0.25) is 14.5 Å². The lowest BCUT2D eigenvalue weighted by molar-refractivity contribution is -0.150. The van der Waals surface area contributed by atoms with Crippen LogP contribution < -0.4 is 5.32 Å².